The van der Waals surface area contributed by atoms with Gasteiger partial charge in [-0.25, -0.2) is 4.98 Å². The summed E-state index contributed by atoms with van der Waals surface area (Å²) in [5.74, 6) is 1.48. The molecule has 64 heavy (non-hydrogen) atoms. The molecule has 0 aliphatic heterocycles. The molecule has 3 heterocycles. The lowest BCUT2D eigenvalue weighted by atomic mass is 9.95. The van der Waals surface area contributed by atoms with E-state index in [-0.39, 0.29) is 0 Å². The van der Waals surface area contributed by atoms with Crippen LogP contribution in [0.4, 0.5) is 0 Å². The average Bonchev–Trinajstić information content (AvgIpc) is 3.90. The van der Waals surface area contributed by atoms with Gasteiger partial charge in [0.1, 0.15) is 0 Å². The average molecular weight is 817 g/mol. The molecule has 0 radical (unpaired) electrons. The molecule has 0 fully saturated rings. The van der Waals surface area contributed by atoms with E-state index in [0.29, 0.717) is 23.2 Å². The van der Waals surface area contributed by atoms with E-state index in [1.54, 1.807) is 6.07 Å². The van der Waals surface area contributed by atoms with E-state index in [4.69, 9.17) is 15.0 Å². The monoisotopic (exact) mass is 816 g/mol. The minimum Gasteiger partial charge on any atom is -0.306 e. The molecule has 0 atom stereocenters. The molecule has 0 N–H and O–H groups in total. The van der Waals surface area contributed by atoms with Crippen LogP contribution in [0.25, 0.3) is 111 Å². The van der Waals surface area contributed by atoms with Gasteiger partial charge in [-0.05, 0) is 46.5 Å². The molecule has 12 aromatic rings. The topological polar surface area (TPSA) is 72.3 Å². The van der Waals surface area contributed by atoms with Gasteiger partial charge >= 0.3 is 0 Å². The maximum Gasteiger partial charge on any atom is 0.238 e. The third kappa shape index (κ3) is 6.06. The Morgan fingerprint density at radius 1 is 0.344 bits per heavy atom. The third-order valence-corrected chi connectivity index (χ3v) is 12.2. The zero-order chi connectivity index (χ0) is 42.6. The van der Waals surface area contributed by atoms with Crippen molar-refractivity contribution in [2.45, 2.75) is 0 Å². The van der Waals surface area contributed by atoms with E-state index in [1.165, 1.54) is 0 Å². The predicted molar refractivity (Wildman–Crippen MR) is 260 cm³/mol. The summed E-state index contributed by atoms with van der Waals surface area (Å²) in [6, 6.07) is 78.2. The van der Waals surface area contributed by atoms with Crippen molar-refractivity contribution in [3.63, 3.8) is 0 Å². The predicted octanol–water partition coefficient (Wildman–Crippen LogP) is 14.3. The minimum absolute atomic E-state index is 0.476. The van der Waals surface area contributed by atoms with Crippen LogP contribution in [-0.2, 0) is 0 Å². The lowest BCUT2D eigenvalue weighted by Crippen LogP contribution is -2.07. The highest BCUT2D eigenvalue weighted by Gasteiger charge is 2.26. The van der Waals surface area contributed by atoms with E-state index in [2.05, 4.69) is 191 Å². The molecule has 0 aliphatic rings. The maximum atomic E-state index is 9.96. The second-order valence-electron chi connectivity index (χ2n) is 15.9. The number of benzene rings is 9. The fourth-order valence-corrected chi connectivity index (χ4v) is 9.32. The Bertz CT molecular complexity index is 3710. The largest absolute Gasteiger partial charge is 0.306 e. The van der Waals surface area contributed by atoms with Crippen LogP contribution in [0.15, 0.2) is 218 Å². The highest BCUT2D eigenvalue weighted by Crippen LogP contribution is 2.45. The van der Waals surface area contributed by atoms with Crippen molar-refractivity contribution < 1.29 is 0 Å². The van der Waals surface area contributed by atoms with Crippen LogP contribution in [0, 0.1) is 11.3 Å². The number of rotatable bonds is 7. The van der Waals surface area contributed by atoms with Gasteiger partial charge in [-0.3, -0.25) is 4.57 Å². The van der Waals surface area contributed by atoms with Gasteiger partial charge in [0.15, 0.2) is 11.6 Å². The first-order chi connectivity index (χ1) is 31.7. The molecule has 6 nitrogen and oxygen atoms in total. The van der Waals surface area contributed by atoms with Gasteiger partial charge < -0.3 is 4.57 Å². The lowest BCUT2D eigenvalue weighted by Gasteiger charge is -2.20. The highest BCUT2D eigenvalue weighted by molar-refractivity contribution is 6.24. The van der Waals surface area contributed by atoms with Gasteiger partial charge in [0.2, 0.25) is 5.95 Å². The van der Waals surface area contributed by atoms with Gasteiger partial charge in [0.25, 0.3) is 0 Å². The Kier molecular flexibility index (Phi) is 8.77. The van der Waals surface area contributed by atoms with Gasteiger partial charge in [-0.2, -0.15) is 15.2 Å². The Morgan fingerprint density at radius 2 is 0.797 bits per heavy atom. The fraction of sp³-hybridized carbons (Fsp3) is 0. The SMILES string of the molecule is N#Cc1cccc(-c2nc(-c3ccc(-c4ccccc4)cc3)nc(-n3c4ccccc4c4ccc5c6ccccc6n(-c6c(-c7ccccc7)cccc6-c6ccccc6)c5c43)n2)c1. The lowest BCUT2D eigenvalue weighted by molar-refractivity contribution is 0.953. The van der Waals surface area contributed by atoms with Crippen molar-refractivity contribution in [2.24, 2.45) is 0 Å². The summed E-state index contributed by atoms with van der Waals surface area (Å²) in [7, 11) is 0. The van der Waals surface area contributed by atoms with E-state index >= 15 is 0 Å². The molecule has 0 bridgehead atoms. The standard InChI is InChI=1S/C58H36N6/c59-37-38-16-14-23-44(36-38)57-60-56(43-32-30-40(31-33-43)39-17-4-1-5-18-39)61-58(62-57)64-52-29-13-11-25-48(52)50-35-34-49-47-24-10-12-28-51(47)63(54(49)55(50)64)53-45(41-19-6-2-7-20-41)26-15-27-46(53)42-21-8-3-9-22-42/h1-36H. The van der Waals surface area contributed by atoms with Gasteiger partial charge in [0, 0.05) is 43.8 Å². The fourth-order valence-electron chi connectivity index (χ4n) is 9.32. The molecular formula is C58H36N6. The normalized spacial score (nSPS) is 11.4. The molecule has 0 spiro atoms. The van der Waals surface area contributed by atoms with E-state index in [1.807, 2.05) is 36.4 Å². The van der Waals surface area contributed by atoms with Crippen LogP contribution in [0.5, 0.6) is 0 Å². The summed E-state index contributed by atoms with van der Waals surface area (Å²) in [4.78, 5) is 15.8. The van der Waals surface area contributed by atoms with Crippen LogP contribution in [0.2, 0.25) is 0 Å². The van der Waals surface area contributed by atoms with Crippen molar-refractivity contribution in [2.75, 3.05) is 0 Å². The van der Waals surface area contributed by atoms with Crippen molar-refractivity contribution >= 4 is 43.6 Å². The molecule has 0 saturated heterocycles. The van der Waals surface area contributed by atoms with E-state index in [9.17, 15) is 5.26 Å². The summed E-state index contributed by atoms with van der Waals surface area (Å²) in [6.07, 6.45) is 0. The van der Waals surface area contributed by atoms with E-state index in [0.717, 1.165) is 93.8 Å². The maximum absolute atomic E-state index is 9.96. The van der Waals surface area contributed by atoms with Crippen molar-refractivity contribution in [3.8, 4) is 73.9 Å². The van der Waals surface area contributed by atoms with Crippen LogP contribution < -0.4 is 0 Å². The zero-order valence-electron chi connectivity index (χ0n) is 34.5. The molecule has 0 saturated carbocycles. The van der Waals surface area contributed by atoms with Crippen LogP contribution >= 0.6 is 0 Å². The molecule has 12 rings (SSSR count). The highest BCUT2D eigenvalue weighted by atomic mass is 15.2. The van der Waals surface area contributed by atoms with Crippen molar-refractivity contribution in [1.29, 1.82) is 5.26 Å². The van der Waals surface area contributed by atoms with Crippen LogP contribution in [-0.4, -0.2) is 24.1 Å². The molecule has 9 aromatic carbocycles. The molecule has 0 unspecified atom stereocenters. The first-order valence-corrected chi connectivity index (χ1v) is 21.3. The summed E-state index contributed by atoms with van der Waals surface area (Å²) in [5, 5.41) is 14.4. The molecule has 3 aromatic heterocycles. The number of para-hydroxylation sites is 3. The zero-order valence-corrected chi connectivity index (χ0v) is 34.5. The van der Waals surface area contributed by atoms with Crippen LogP contribution in [0.1, 0.15) is 5.56 Å². The van der Waals surface area contributed by atoms with Crippen molar-refractivity contribution in [1.82, 2.24) is 24.1 Å². The summed E-state index contributed by atoms with van der Waals surface area (Å²) in [6.45, 7) is 0. The van der Waals surface area contributed by atoms with Gasteiger partial charge in [0.05, 0.1) is 39.4 Å². The first-order valence-electron chi connectivity index (χ1n) is 21.3. The van der Waals surface area contributed by atoms with Crippen molar-refractivity contribution in [3.05, 3.63) is 224 Å². The molecule has 6 heteroatoms. The molecule has 0 amide bonds. The number of nitriles is 1. The quantitative estimate of drug-likeness (QED) is 0.161. The molecule has 0 aliphatic carbocycles. The number of aromatic nitrogens is 5. The third-order valence-electron chi connectivity index (χ3n) is 12.2. The van der Waals surface area contributed by atoms with E-state index < -0.39 is 0 Å². The number of hydrogen-bond donors (Lipinski definition) is 0. The second-order valence-corrected chi connectivity index (χ2v) is 15.9. The minimum atomic E-state index is 0.476. The Morgan fingerprint density at radius 3 is 1.39 bits per heavy atom. The Labute approximate surface area is 369 Å². The van der Waals surface area contributed by atoms with Crippen LogP contribution in [0.3, 0.4) is 0 Å². The van der Waals surface area contributed by atoms with Gasteiger partial charge in [-0.15, -0.1) is 0 Å². The molecular weight excluding hydrogens is 781 g/mol. The Balaban J connectivity index is 1.21. The second kappa shape index (κ2) is 15.2. The number of nitrogens with zero attached hydrogens (tertiary/aromatic N) is 6. The number of hydrogen-bond acceptors (Lipinski definition) is 4. The summed E-state index contributed by atoms with van der Waals surface area (Å²) >= 11 is 0. The molecule has 298 valence electrons. The smallest absolute Gasteiger partial charge is 0.238 e. The first kappa shape index (κ1) is 36.9. The number of fused-ring (bicyclic) bond motifs is 7. The Hall–Kier alpha value is -8.92. The summed E-state index contributed by atoms with van der Waals surface area (Å²) < 4.78 is 4.69. The van der Waals surface area contributed by atoms with Gasteiger partial charge in [-0.1, -0.05) is 194 Å². The summed E-state index contributed by atoms with van der Waals surface area (Å²) in [5.41, 5.74) is 14.0.